The first-order valence-electron chi connectivity index (χ1n) is 11.7. The summed E-state index contributed by atoms with van der Waals surface area (Å²) >= 11 is 3.62. The normalized spacial score (nSPS) is 18.9. The summed E-state index contributed by atoms with van der Waals surface area (Å²) in [5, 5.41) is 7.16. The van der Waals surface area contributed by atoms with Crippen LogP contribution in [-0.2, 0) is 0 Å². The second-order valence-corrected chi connectivity index (χ2v) is 10.1. The summed E-state index contributed by atoms with van der Waals surface area (Å²) in [6.45, 7) is 8.12. The maximum Gasteiger partial charge on any atom is 0.213 e. The predicted octanol–water partition coefficient (Wildman–Crippen LogP) is 7.27. The van der Waals surface area contributed by atoms with Gasteiger partial charge in [-0.3, -0.25) is 0 Å². The summed E-state index contributed by atoms with van der Waals surface area (Å²) < 4.78 is 19.2. The standard InChI is InChI=1S/C28H29BrN2O3/c1-17(2)32-22-10-5-19(6-11-22)25-16-26-24-15-21(29)9-14-27(24)34-28(31(26)30-25)20-7-12-23(13-8-20)33-18(3)4/h5-15,17-18,26,28H,16H2,1-4H3/t26-,28-/m0/s1. The molecule has 6 heteroatoms. The molecule has 5 rings (SSSR count). The molecular formula is C28H29BrN2O3. The van der Waals surface area contributed by atoms with E-state index in [0.717, 1.165) is 50.5 Å². The Balaban J connectivity index is 1.48. The fourth-order valence-corrected chi connectivity index (χ4v) is 4.81. The van der Waals surface area contributed by atoms with Crippen molar-refractivity contribution in [1.29, 1.82) is 0 Å². The van der Waals surface area contributed by atoms with Gasteiger partial charge in [-0.15, -0.1) is 0 Å². The van der Waals surface area contributed by atoms with Crippen molar-refractivity contribution >= 4 is 21.6 Å². The van der Waals surface area contributed by atoms with E-state index in [1.165, 1.54) is 0 Å². The van der Waals surface area contributed by atoms with Gasteiger partial charge in [-0.25, -0.2) is 5.01 Å². The van der Waals surface area contributed by atoms with E-state index in [0.29, 0.717) is 0 Å². The molecule has 3 aromatic carbocycles. The number of ether oxygens (including phenoxy) is 3. The molecule has 0 amide bonds. The molecule has 5 nitrogen and oxygen atoms in total. The smallest absolute Gasteiger partial charge is 0.213 e. The lowest BCUT2D eigenvalue weighted by Gasteiger charge is -2.38. The SMILES string of the molecule is CC(C)Oc1ccc(C2=NN3[C@@H](C2)c2cc(Br)ccc2O[C@H]3c2ccc(OC(C)C)cc2)cc1. The van der Waals surface area contributed by atoms with Crippen LogP contribution >= 0.6 is 15.9 Å². The number of hydrogen-bond donors (Lipinski definition) is 0. The van der Waals surface area contributed by atoms with E-state index >= 15 is 0 Å². The maximum absolute atomic E-state index is 6.49. The molecule has 2 aliphatic rings. The van der Waals surface area contributed by atoms with Crippen LogP contribution in [0.1, 0.15) is 63.1 Å². The van der Waals surface area contributed by atoms with Gasteiger partial charge in [0.05, 0.1) is 24.0 Å². The highest BCUT2D eigenvalue weighted by atomic mass is 79.9. The van der Waals surface area contributed by atoms with Crippen LogP contribution < -0.4 is 14.2 Å². The molecule has 0 saturated carbocycles. The predicted molar refractivity (Wildman–Crippen MR) is 138 cm³/mol. The van der Waals surface area contributed by atoms with Gasteiger partial charge >= 0.3 is 0 Å². The van der Waals surface area contributed by atoms with E-state index in [4.69, 9.17) is 19.3 Å². The fraction of sp³-hybridized carbons (Fsp3) is 0.321. The monoisotopic (exact) mass is 520 g/mol. The Morgan fingerprint density at radius 2 is 1.50 bits per heavy atom. The van der Waals surface area contributed by atoms with Crippen LogP contribution in [0.3, 0.4) is 0 Å². The molecule has 0 aromatic heterocycles. The van der Waals surface area contributed by atoms with Gasteiger partial charge in [0.15, 0.2) is 0 Å². The Kier molecular flexibility index (Phi) is 6.26. The summed E-state index contributed by atoms with van der Waals surface area (Å²) in [4.78, 5) is 0. The van der Waals surface area contributed by atoms with Crippen molar-refractivity contribution in [3.05, 3.63) is 87.9 Å². The van der Waals surface area contributed by atoms with E-state index in [2.05, 4.69) is 51.3 Å². The third-order valence-electron chi connectivity index (χ3n) is 5.85. The summed E-state index contributed by atoms with van der Waals surface area (Å²) in [6.07, 6.45) is 0.776. The molecule has 0 N–H and O–H groups in total. The second kappa shape index (κ2) is 9.34. The summed E-state index contributed by atoms with van der Waals surface area (Å²) in [5.74, 6) is 2.62. The number of fused-ring (bicyclic) bond motifs is 3. The van der Waals surface area contributed by atoms with Crippen LogP contribution in [-0.4, -0.2) is 22.9 Å². The first-order chi connectivity index (χ1) is 16.4. The van der Waals surface area contributed by atoms with Gasteiger partial charge in [0, 0.05) is 22.0 Å². The van der Waals surface area contributed by atoms with Crippen molar-refractivity contribution in [2.24, 2.45) is 5.10 Å². The summed E-state index contributed by atoms with van der Waals surface area (Å²) in [6, 6.07) is 22.6. The van der Waals surface area contributed by atoms with Gasteiger partial charge in [-0.05, 0) is 100.0 Å². The van der Waals surface area contributed by atoms with E-state index in [1.54, 1.807) is 0 Å². The van der Waals surface area contributed by atoms with Gasteiger partial charge in [0.1, 0.15) is 17.2 Å². The molecule has 0 unspecified atom stereocenters. The summed E-state index contributed by atoms with van der Waals surface area (Å²) in [7, 11) is 0. The number of halogens is 1. The molecule has 0 fully saturated rings. The van der Waals surface area contributed by atoms with Crippen molar-refractivity contribution in [1.82, 2.24) is 5.01 Å². The van der Waals surface area contributed by atoms with Gasteiger partial charge in [-0.2, -0.15) is 5.10 Å². The average Bonchev–Trinajstić information content (AvgIpc) is 3.25. The Hall–Kier alpha value is -2.99. The zero-order valence-electron chi connectivity index (χ0n) is 19.9. The third-order valence-corrected chi connectivity index (χ3v) is 6.34. The van der Waals surface area contributed by atoms with Crippen LogP contribution in [0.2, 0.25) is 0 Å². The van der Waals surface area contributed by atoms with Crippen LogP contribution in [0.15, 0.2) is 76.3 Å². The van der Waals surface area contributed by atoms with Gasteiger partial charge < -0.3 is 14.2 Å². The molecule has 0 saturated heterocycles. The number of rotatable bonds is 6. The summed E-state index contributed by atoms with van der Waals surface area (Å²) in [5.41, 5.74) is 4.33. The van der Waals surface area contributed by atoms with Gasteiger partial charge in [0.25, 0.3) is 0 Å². The highest BCUT2D eigenvalue weighted by Gasteiger charge is 2.41. The minimum atomic E-state index is -0.312. The Bertz CT molecular complexity index is 1190. The van der Waals surface area contributed by atoms with Gasteiger partial charge in [0.2, 0.25) is 6.23 Å². The fourth-order valence-electron chi connectivity index (χ4n) is 4.43. The molecule has 34 heavy (non-hydrogen) atoms. The number of hydrazone groups is 1. The Labute approximate surface area is 209 Å². The molecule has 0 spiro atoms. The molecule has 3 aromatic rings. The van der Waals surface area contributed by atoms with Gasteiger partial charge in [-0.1, -0.05) is 15.9 Å². The lowest BCUT2D eigenvalue weighted by molar-refractivity contribution is -0.0191. The highest BCUT2D eigenvalue weighted by Crippen LogP contribution is 2.48. The Morgan fingerprint density at radius 1 is 0.882 bits per heavy atom. The molecule has 0 radical (unpaired) electrons. The first kappa shape index (κ1) is 22.8. The van der Waals surface area contributed by atoms with Crippen LogP contribution in [0.25, 0.3) is 0 Å². The molecule has 2 atom stereocenters. The van der Waals surface area contributed by atoms with E-state index in [9.17, 15) is 0 Å². The van der Waals surface area contributed by atoms with Crippen LogP contribution in [0.5, 0.6) is 17.2 Å². The molecular weight excluding hydrogens is 492 g/mol. The first-order valence-corrected chi connectivity index (χ1v) is 12.5. The zero-order valence-corrected chi connectivity index (χ0v) is 21.5. The van der Waals surface area contributed by atoms with Crippen molar-refractivity contribution in [3.8, 4) is 17.2 Å². The van der Waals surface area contributed by atoms with E-state index in [1.807, 2.05) is 64.1 Å². The van der Waals surface area contributed by atoms with Crippen molar-refractivity contribution < 1.29 is 14.2 Å². The van der Waals surface area contributed by atoms with Crippen molar-refractivity contribution in [2.75, 3.05) is 0 Å². The quantitative estimate of drug-likeness (QED) is 0.342. The zero-order chi connectivity index (χ0) is 23.8. The topological polar surface area (TPSA) is 43.3 Å². The number of hydrogen-bond acceptors (Lipinski definition) is 5. The van der Waals surface area contributed by atoms with Crippen LogP contribution in [0, 0.1) is 0 Å². The lowest BCUT2D eigenvalue weighted by Crippen LogP contribution is -2.33. The molecule has 2 heterocycles. The molecule has 2 aliphatic heterocycles. The largest absolute Gasteiger partial charge is 0.491 e. The molecule has 0 aliphatic carbocycles. The highest BCUT2D eigenvalue weighted by molar-refractivity contribution is 9.10. The minimum absolute atomic E-state index is 0.0967. The van der Waals surface area contributed by atoms with E-state index < -0.39 is 0 Å². The van der Waals surface area contributed by atoms with Crippen molar-refractivity contribution in [3.63, 3.8) is 0 Å². The number of nitrogens with zero attached hydrogens (tertiary/aromatic N) is 2. The van der Waals surface area contributed by atoms with Crippen LogP contribution in [0.4, 0.5) is 0 Å². The van der Waals surface area contributed by atoms with Crippen molar-refractivity contribution in [2.45, 2.75) is 58.6 Å². The molecule has 0 bridgehead atoms. The third kappa shape index (κ3) is 4.64. The molecule has 176 valence electrons. The second-order valence-electron chi connectivity index (χ2n) is 9.23. The minimum Gasteiger partial charge on any atom is -0.491 e. The lowest BCUT2D eigenvalue weighted by atomic mass is 9.96. The maximum atomic E-state index is 6.49. The number of benzene rings is 3. The average molecular weight is 521 g/mol. The Morgan fingerprint density at radius 3 is 2.12 bits per heavy atom. The van der Waals surface area contributed by atoms with E-state index in [-0.39, 0.29) is 24.5 Å².